The topological polar surface area (TPSA) is 66.1 Å². The van der Waals surface area contributed by atoms with Gasteiger partial charge >= 0.3 is 0 Å². The number of hydrogen-bond acceptors (Lipinski definition) is 3. The number of nitrogens with zero attached hydrogens (tertiary/aromatic N) is 2. The number of amides is 1. The Kier molecular flexibility index (Phi) is 3.81. The molecule has 1 aliphatic rings. The lowest BCUT2D eigenvalue weighted by molar-refractivity contribution is 0.0729. The van der Waals surface area contributed by atoms with Crippen LogP contribution in [0, 0.1) is 0 Å². The molecule has 5 heteroatoms. The fourth-order valence-corrected chi connectivity index (χ4v) is 2.81. The van der Waals surface area contributed by atoms with Crippen LogP contribution in [0.25, 0.3) is 0 Å². The lowest BCUT2D eigenvalue weighted by atomic mass is 10.0. The Bertz CT molecular complexity index is 661. The Morgan fingerprint density at radius 1 is 1.24 bits per heavy atom. The van der Waals surface area contributed by atoms with Crippen molar-refractivity contribution in [3.05, 3.63) is 64.1 Å². The largest absolute Gasteiger partial charge is 0.334 e. The van der Waals surface area contributed by atoms with Gasteiger partial charge in [0, 0.05) is 18.7 Å². The third-order valence-electron chi connectivity index (χ3n) is 3.85. The second kappa shape index (κ2) is 5.91. The fourth-order valence-electron chi connectivity index (χ4n) is 2.81. The molecule has 1 fully saturated rings. The molecule has 1 aromatic carbocycles. The van der Waals surface area contributed by atoms with Gasteiger partial charge in [-0.2, -0.15) is 5.10 Å². The smallest absolute Gasteiger partial charge is 0.274 e. The maximum absolute atomic E-state index is 12.5. The number of aromatic amines is 1. The van der Waals surface area contributed by atoms with Crippen molar-refractivity contribution in [2.24, 2.45) is 0 Å². The first-order valence-electron chi connectivity index (χ1n) is 7.14. The van der Waals surface area contributed by atoms with Crippen LogP contribution in [0.2, 0.25) is 0 Å². The van der Waals surface area contributed by atoms with Gasteiger partial charge in [0.2, 0.25) is 0 Å². The van der Waals surface area contributed by atoms with Gasteiger partial charge in [0.15, 0.2) is 0 Å². The Labute approximate surface area is 122 Å². The summed E-state index contributed by atoms with van der Waals surface area (Å²) in [6, 6.07) is 13.2. The summed E-state index contributed by atoms with van der Waals surface area (Å²) in [5.41, 5.74) is 1.24. The molecule has 1 aliphatic heterocycles. The summed E-state index contributed by atoms with van der Waals surface area (Å²) in [5, 5.41) is 6.15. The van der Waals surface area contributed by atoms with Crippen molar-refractivity contribution in [2.75, 3.05) is 6.54 Å². The van der Waals surface area contributed by atoms with Crippen molar-refractivity contribution in [1.82, 2.24) is 15.1 Å². The molecule has 0 bridgehead atoms. The zero-order valence-corrected chi connectivity index (χ0v) is 11.7. The molecular weight excluding hydrogens is 266 g/mol. The quantitative estimate of drug-likeness (QED) is 0.930. The summed E-state index contributed by atoms with van der Waals surface area (Å²) in [6.45, 7) is 0.747. The highest BCUT2D eigenvalue weighted by Crippen LogP contribution is 2.22. The van der Waals surface area contributed by atoms with Gasteiger partial charge in [-0.3, -0.25) is 9.59 Å². The SMILES string of the molecule is O=C(c1ccc(=O)[nH]n1)N1CCC[C@@H]1Cc1ccccc1. The average molecular weight is 283 g/mol. The molecule has 0 spiro atoms. The number of likely N-dealkylation sites (tertiary alicyclic amines) is 1. The zero-order valence-electron chi connectivity index (χ0n) is 11.7. The fraction of sp³-hybridized carbons (Fsp3) is 0.312. The van der Waals surface area contributed by atoms with Crippen LogP contribution >= 0.6 is 0 Å². The van der Waals surface area contributed by atoms with Gasteiger partial charge in [-0.25, -0.2) is 5.10 Å². The molecule has 1 N–H and O–H groups in total. The predicted octanol–water partition coefficient (Wildman–Crippen LogP) is 1.62. The Morgan fingerprint density at radius 3 is 2.76 bits per heavy atom. The van der Waals surface area contributed by atoms with Crippen molar-refractivity contribution >= 4 is 5.91 Å². The molecule has 3 rings (SSSR count). The van der Waals surface area contributed by atoms with Gasteiger partial charge in [0.05, 0.1) is 0 Å². The second-order valence-electron chi connectivity index (χ2n) is 5.29. The third-order valence-corrected chi connectivity index (χ3v) is 3.85. The minimum Gasteiger partial charge on any atom is -0.334 e. The molecule has 2 heterocycles. The summed E-state index contributed by atoms with van der Waals surface area (Å²) in [5.74, 6) is -0.107. The predicted molar refractivity (Wildman–Crippen MR) is 79.1 cm³/mol. The normalized spacial score (nSPS) is 17.9. The highest BCUT2D eigenvalue weighted by atomic mass is 16.2. The van der Waals surface area contributed by atoms with E-state index in [1.54, 1.807) is 0 Å². The summed E-state index contributed by atoms with van der Waals surface area (Å²) >= 11 is 0. The van der Waals surface area contributed by atoms with E-state index in [2.05, 4.69) is 22.3 Å². The van der Waals surface area contributed by atoms with E-state index in [4.69, 9.17) is 0 Å². The molecule has 1 amide bonds. The molecule has 1 atom stereocenters. The van der Waals surface area contributed by atoms with Crippen LogP contribution < -0.4 is 5.56 Å². The van der Waals surface area contributed by atoms with Gasteiger partial charge in [0.1, 0.15) is 5.69 Å². The first-order valence-corrected chi connectivity index (χ1v) is 7.14. The average Bonchev–Trinajstić information content (AvgIpc) is 2.96. The molecule has 0 radical (unpaired) electrons. The standard InChI is InChI=1S/C16H17N3O2/c20-15-9-8-14(17-18-15)16(21)19-10-4-7-13(19)11-12-5-2-1-3-6-12/h1-3,5-6,8-9,13H,4,7,10-11H2,(H,18,20)/t13-/m1/s1. The monoisotopic (exact) mass is 283 g/mol. The first-order chi connectivity index (χ1) is 10.2. The van der Waals surface area contributed by atoms with Crippen LogP contribution in [0.15, 0.2) is 47.3 Å². The Hall–Kier alpha value is -2.43. The maximum Gasteiger partial charge on any atom is 0.274 e. The van der Waals surface area contributed by atoms with Gasteiger partial charge in [-0.15, -0.1) is 0 Å². The summed E-state index contributed by atoms with van der Waals surface area (Å²) in [6.07, 6.45) is 2.87. The number of rotatable bonds is 3. The van der Waals surface area contributed by atoms with E-state index in [0.29, 0.717) is 5.69 Å². The summed E-state index contributed by atoms with van der Waals surface area (Å²) < 4.78 is 0. The second-order valence-corrected chi connectivity index (χ2v) is 5.29. The Morgan fingerprint density at radius 2 is 2.05 bits per heavy atom. The maximum atomic E-state index is 12.5. The van der Waals surface area contributed by atoms with Gasteiger partial charge < -0.3 is 4.90 Å². The van der Waals surface area contributed by atoms with Crippen molar-refractivity contribution in [2.45, 2.75) is 25.3 Å². The molecule has 5 nitrogen and oxygen atoms in total. The van der Waals surface area contributed by atoms with Crippen molar-refractivity contribution < 1.29 is 4.79 Å². The molecule has 0 unspecified atom stereocenters. The number of H-pyrrole nitrogens is 1. The summed E-state index contributed by atoms with van der Waals surface area (Å²) in [4.78, 5) is 25.4. The summed E-state index contributed by atoms with van der Waals surface area (Å²) in [7, 11) is 0. The van der Waals surface area contributed by atoms with E-state index in [-0.39, 0.29) is 17.5 Å². The molecule has 0 aliphatic carbocycles. The number of aromatic nitrogens is 2. The van der Waals surface area contributed by atoms with Crippen LogP contribution in [0.1, 0.15) is 28.9 Å². The number of carbonyl (C=O) groups is 1. The van der Waals surface area contributed by atoms with Crippen molar-refractivity contribution in [3.63, 3.8) is 0 Å². The van der Waals surface area contributed by atoms with Gasteiger partial charge in [0.25, 0.3) is 11.5 Å². The Balaban J connectivity index is 1.76. The van der Waals surface area contributed by atoms with E-state index >= 15 is 0 Å². The minimum absolute atomic E-state index is 0.107. The van der Waals surface area contributed by atoms with E-state index in [9.17, 15) is 9.59 Å². The highest BCUT2D eigenvalue weighted by molar-refractivity contribution is 5.92. The van der Waals surface area contributed by atoms with Crippen molar-refractivity contribution in [3.8, 4) is 0 Å². The number of benzene rings is 1. The number of nitrogens with one attached hydrogen (secondary N) is 1. The van der Waals surface area contributed by atoms with Crippen LogP contribution in [0.3, 0.4) is 0 Å². The molecule has 108 valence electrons. The van der Waals surface area contributed by atoms with E-state index in [0.717, 1.165) is 25.8 Å². The van der Waals surface area contributed by atoms with Gasteiger partial charge in [-0.1, -0.05) is 30.3 Å². The van der Waals surface area contributed by atoms with Crippen LogP contribution in [-0.4, -0.2) is 33.6 Å². The van der Waals surface area contributed by atoms with E-state index in [1.165, 1.54) is 17.7 Å². The molecule has 21 heavy (non-hydrogen) atoms. The molecule has 1 saturated heterocycles. The lowest BCUT2D eigenvalue weighted by Gasteiger charge is -2.24. The van der Waals surface area contributed by atoms with Gasteiger partial charge in [-0.05, 0) is 30.9 Å². The minimum atomic E-state index is -0.297. The van der Waals surface area contributed by atoms with Crippen LogP contribution in [0.4, 0.5) is 0 Å². The molecular formula is C16H17N3O2. The van der Waals surface area contributed by atoms with Crippen LogP contribution in [-0.2, 0) is 6.42 Å². The van der Waals surface area contributed by atoms with Crippen molar-refractivity contribution in [1.29, 1.82) is 0 Å². The highest BCUT2D eigenvalue weighted by Gasteiger charge is 2.30. The zero-order chi connectivity index (χ0) is 14.7. The number of hydrogen-bond donors (Lipinski definition) is 1. The third kappa shape index (κ3) is 3.02. The van der Waals surface area contributed by atoms with Crippen LogP contribution in [0.5, 0.6) is 0 Å². The lowest BCUT2D eigenvalue weighted by Crippen LogP contribution is -2.37. The number of carbonyl (C=O) groups excluding carboxylic acids is 1. The van der Waals surface area contributed by atoms with E-state index in [1.807, 2.05) is 23.1 Å². The molecule has 1 aromatic heterocycles. The molecule has 0 saturated carbocycles. The van der Waals surface area contributed by atoms with E-state index < -0.39 is 0 Å². The first kappa shape index (κ1) is 13.5. The molecule has 2 aromatic rings.